The number of hydrogen-bond acceptors (Lipinski definition) is 4. The summed E-state index contributed by atoms with van der Waals surface area (Å²) in [5.41, 5.74) is 6.05. The first-order chi connectivity index (χ1) is 15.0. The zero-order chi connectivity index (χ0) is 23.0. The number of nitrogens with one attached hydrogen (secondary N) is 1. The number of Topliss-reactive ketones (excluding diaryl/α,β-unsaturated/α-hetero) is 1. The molecular weight excluding hydrogens is 626 g/mol. The molecular formula is C26H22I2N2O2. The third kappa shape index (κ3) is 3.21. The highest BCUT2D eigenvalue weighted by Crippen LogP contribution is 2.46. The number of allylic oxidation sites excluding steroid dienone is 5. The maximum absolute atomic E-state index is 13.0. The molecule has 6 heteroatoms. The smallest absolute Gasteiger partial charge is 0.200 e. The average Bonchev–Trinajstić information content (AvgIpc) is 3.13. The Balaban J connectivity index is 1.49. The lowest BCUT2D eigenvalue weighted by Crippen LogP contribution is -2.28. The molecule has 3 aliphatic rings. The summed E-state index contributed by atoms with van der Waals surface area (Å²) in [7, 11) is 0. The third-order valence-electron chi connectivity index (χ3n) is 6.68. The summed E-state index contributed by atoms with van der Waals surface area (Å²) in [5, 5.41) is 14.2. The van der Waals surface area contributed by atoms with Crippen LogP contribution in [-0.2, 0) is 15.6 Å². The number of nitrogens with zero attached hydrogens (tertiary/aromatic N) is 1. The van der Waals surface area contributed by atoms with E-state index in [0.29, 0.717) is 11.1 Å². The number of carbonyl (C=O) groups excluding carboxylic acids is 1. The molecule has 0 unspecified atom stereocenters. The fourth-order valence-electron chi connectivity index (χ4n) is 4.52. The van der Waals surface area contributed by atoms with Crippen molar-refractivity contribution >= 4 is 68.1 Å². The number of rotatable bonds is 2. The standard InChI is InChI=1S/C26H22I2N2O2/c1-25(2)17-9-13(27)5-7-19(17)29-21(25)11-15-23(31)16(24(15)32)12-22-26(3,4)18-10-14(28)6-8-20(18)30-22/h5-12,29,31H,1-4H3. The molecule has 2 heterocycles. The van der Waals surface area contributed by atoms with Gasteiger partial charge in [0, 0.05) is 29.4 Å². The van der Waals surface area contributed by atoms with Crippen LogP contribution in [0.1, 0.15) is 38.8 Å². The first-order valence-corrected chi connectivity index (χ1v) is 12.5. The molecule has 0 amide bonds. The molecule has 0 saturated heterocycles. The molecule has 1 aliphatic carbocycles. The van der Waals surface area contributed by atoms with Gasteiger partial charge < -0.3 is 10.4 Å². The van der Waals surface area contributed by atoms with Gasteiger partial charge in [-0.1, -0.05) is 27.7 Å². The molecule has 5 rings (SSSR count). The highest BCUT2D eigenvalue weighted by atomic mass is 127. The second kappa shape index (κ2) is 7.28. The van der Waals surface area contributed by atoms with Crippen LogP contribution >= 0.6 is 45.2 Å². The minimum absolute atomic E-state index is 0.0367. The summed E-state index contributed by atoms with van der Waals surface area (Å²) in [6.45, 7) is 8.45. The zero-order valence-corrected chi connectivity index (χ0v) is 22.5. The number of aliphatic hydroxyl groups is 1. The molecule has 0 atom stereocenters. The van der Waals surface area contributed by atoms with Gasteiger partial charge >= 0.3 is 0 Å². The second-order valence-corrected chi connectivity index (χ2v) is 11.9. The number of carbonyl (C=O) groups is 1. The van der Waals surface area contributed by atoms with Gasteiger partial charge in [-0.25, -0.2) is 0 Å². The van der Waals surface area contributed by atoms with E-state index in [4.69, 9.17) is 4.99 Å². The van der Waals surface area contributed by atoms with Crippen LogP contribution in [0.2, 0.25) is 0 Å². The number of anilines is 1. The van der Waals surface area contributed by atoms with E-state index in [-0.39, 0.29) is 22.4 Å². The van der Waals surface area contributed by atoms with Gasteiger partial charge in [0.15, 0.2) is 0 Å². The Bertz CT molecular complexity index is 1340. The van der Waals surface area contributed by atoms with Crippen molar-refractivity contribution in [1.82, 2.24) is 0 Å². The molecule has 0 fully saturated rings. The summed E-state index contributed by atoms with van der Waals surface area (Å²) in [4.78, 5) is 17.8. The normalized spacial score (nSPS) is 22.6. The fourth-order valence-corrected chi connectivity index (χ4v) is 5.51. The number of halogens is 2. The maximum atomic E-state index is 13.0. The largest absolute Gasteiger partial charge is 0.506 e. The van der Waals surface area contributed by atoms with Crippen LogP contribution < -0.4 is 5.32 Å². The zero-order valence-electron chi connectivity index (χ0n) is 18.2. The SMILES string of the molecule is CC1(C)C(C=C2C(=O)C(C=C3Nc4ccc(I)cc4C3(C)C)=C2O)=Nc2ccc(I)cc21. The molecule has 2 aromatic carbocycles. The van der Waals surface area contributed by atoms with Gasteiger partial charge in [-0.15, -0.1) is 0 Å². The van der Waals surface area contributed by atoms with Gasteiger partial charge in [0.2, 0.25) is 5.78 Å². The van der Waals surface area contributed by atoms with Crippen molar-refractivity contribution < 1.29 is 9.90 Å². The minimum atomic E-state index is -0.327. The molecule has 2 aromatic rings. The summed E-state index contributed by atoms with van der Waals surface area (Å²) in [5.74, 6) is -0.114. The fraction of sp³-hybridized carbons (Fsp3) is 0.231. The van der Waals surface area contributed by atoms with Gasteiger partial charge in [0.25, 0.3) is 0 Å². The summed E-state index contributed by atoms with van der Waals surface area (Å²) in [6.07, 6.45) is 3.54. The van der Waals surface area contributed by atoms with E-state index in [1.165, 1.54) is 9.13 Å². The molecule has 0 radical (unpaired) electrons. The summed E-state index contributed by atoms with van der Waals surface area (Å²) >= 11 is 4.61. The van der Waals surface area contributed by atoms with Gasteiger partial charge in [0.1, 0.15) is 5.76 Å². The molecule has 0 bridgehead atoms. The van der Waals surface area contributed by atoms with Crippen molar-refractivity contribution in [2.45, 2.75) is 38.5 Å². The van der Waals surface area contributed by atoms with Crippen LogP contribution in [0.25, 0.3) is 0 Å². The van der Waals surface area contributed by atoms with E-state index >= 15 is 0 Å². The molecule has 2 aliphatic heterocycles. The Hall–Kier alpha value is -1.94. The van der Waals surface area contributed by atoms with E-state index in [1.807, 2.05) is 12.1 Å². The van der Waals surface area contributed by atoms with Gasteiger partial charge in [0.05, 0.1) is 22.5 Å². The van der Waals surface area contributed by atoms with Crippen LogP contribution in [0.4, 0.5) is 11.4 Å². The predicted molar refractivity (Wildman–Crippen MR) is 146 cm³/mol. The lowest BCUT2D eigenvalue weighted by atomic mass is 9.77. The molecule has 0 saturated carbocycles. The first-order valence-electron chi connectivity index (χ1n) is 10.4. The van der Waals surface area contributed by atoms with Crippen molar-refractivity contribution in [1.29, 1.82) is 0 Å². The molecule has 0 spiro atoms. The maximum Gasteiger partial charge on any atom is 0.200 e. The summed E-state index contributed by atoms with van der Waals surface area (Å²) in [6, 6.07) is 12.4. The number of fused-ring (bicyclic) bond motifs is 2. The van der Waals surface area contributed by atoms with Crippen molar-refractivity contribution in [2.75, 3.05) is 5.32 Å². The van der Waals surface area contributed by atoms with E-state index in [1.54, 1.807) is 12.2 Å². The average molecular weight is 648 g/mol. The Morgan fingerprint density at radius 1 is 0.938 bits per heavy atom. The Kier molecular flexibility index (Phi) is 4.98. The van der Waals surface area contributed by atoms with E-state index in [0.717, 1.165) is 31.9 Å². The Morgan fingerprint density at radius 3 is 2.28 bits per heavy atom. The van der Waals surface area contributed by atoms with Gasteiger partial charge in [-0.3, -0.25) is 9.79 Å². The van der Waals surface area contributed by atoms with Gasteiger partial charge in [-0.05, 0) is 105 Å². The van der Waals surface area contributed by atoms with Crippen molar-refractivity contribution in [3.05, 3.63) is 89.4 Å². The number of aliphatic hydroxyl groups excluding tert-OH is 1. The molecule has 32 heavy (non-hydrogen) atoms. The quantitative estimate of drug-likeness (QED) is 0.276. The Morgan fingerprint density at radius 2 is 1.59 bits per heavy atom. The lowest BCUT2D eigenvalue weighted by Gasteiger charge is -2.25. The highest BCUT2D eigenvalue weighted by Gasteiger charge is 2.40. The van der Waals surface area contributed by atoms with E-state index < -0.39 is 0 Å². The molecule has 162 valence electrons. The number of ketones is 1. The second-order valence-electron chi connectivity index (χ2n) is 9.43. The minimum Gasteiger partial charge on any atom is -0.506 e. The van der Waals surface area contributed by atoms with E-state index in [9.17, 15) is 9.90 Å². The topological polar surface area (TPSA) is 61.7 Å². The monoisotopic (exact) mass is 648 g/mol. The number of aliphatic imine (C=N–C) groups is 1. The van der Waals surface area contributed by atoms with Crippen LogP contribution in [0.3, 0.4) is 0 Å². The predicted octanol–water partition coefficient (Wildman–Crippen LogP) is 6.87. The highest BCUT2D eigenvalue weighted by molar-refractivity contribution is 14.1. The number of hydrogen-bond donors (Lipinski definition) is 2. The molecule has 2 N–H and O–H groups in total. The van der Waals surface area contributed by atoms with Crippen LogP contribution in [0, 0.1) is 7.14 Å². The van der Waals surface area contributed by atoms with E-state index in [2.05, 4.69) is 102 Å². The molecule has 0 aromatic heterocycles. The Labute approximate surface area is 214 Å². The van der Waals surface area contributed by atoms with Crippen molar-refractivity contribution in [3.8, 4) is 0 Å². The molecule has 4 nitrogen and oxygen atoms in total. The van der Waals surface area contributed by atoms with Gasteiger partial charge in [-0.2, -0.15) is 0 Å². The third-order valence-corrected chi connectivity index (χ3v) is 8.02. The van der Waals surface area contributed by atoms with Crippen LogP contribution in [0.5, 0.6) is 0 Å². The summed E-state index contributed by atoms with van der Waals surface area (Å²) < 4.78 is 2.32. The van der Waals surface area contributed by atoms with Crippen LogP contribution in [-0.4, -0.2) is 16.6 Å². The lowest BCUT2D eigenvalue weighted by molar-refractivity contribution is -0.113. The van der Waals surface area contributed by atoms with Crippen LogP contribution in [0.15, 0.2) is 76.1 Å². The van der Waals surface area contributed by atoms with Crippen molar-refractivity contribution in [2.24, 2.45) is 4.99 Å². The van der Waals surface area contributed by atoms with Crippen molar-refractivity contribution in [3.63, 3.8) is 0 Å². The number of benzene rings is 2. The first kappa shape index (κ1) is 21.9.